The van der Waals surface area contributed by atoms with Crippen molar-refractivity contribution in [1.29, 1.82) is 0 Å². The molecule has 4 heterocycles. The average molecular weight is 658 g/mol. The van der Waals surface area contributed by atoms with Gasteiger partial charge in [-0.05, 0) is 54.8 Å². The first-order chi connectivity index (χ1) is 20.9. The van der Waals surface area contributed by atoms with Gasteiger partial charge in [-0.25, -0.2) is 22.6 Å². The van der Waals surface area contributed by atoms with Crippen molar-refractivity contribution in [3.63, 3.8) is 0 Å². The number of carboxylic acids is 1. The molecular formula is C31H27Cl2FN4O5S. The van der Waals surface area contributed by atoms with Crippen molar-refractivity contribution in [2.45, 2.75) is 42.8 Å². The molecule has 1 amide bonds. The quantitative estimate of drug-likeness (QED) is 0.284. The predicted molar refractivity (Wildman–Crippen MR) is 165 cm³/mol. The third-order valence-electron chi connectivity index (χ3n) is 9.27. The van der Waals surface area contributed by atoms with Gasteiger partial charge in [-0.15, -0.1) is 0 Å². The highest BCUT2D eigenvalue weighted by molar-refractivity contribution is 7.90. The van der Waals surface area contributed by atoms with Gasteiger partial charge in [0, 0.05) is 53.5 Å². The predicted octanol–water partition coefficient (Wildman–Crippen LogP) is 5.42. The Kier molecular flexibility index (Phi) is 6.82. The zero-order chi connectivity index (χ0) is 31.1. The number of fused-ring (bicyclic) bond motifs is 7. The molecule has 3 aromatic carbocycles. The highest BCUT2D eigenvalue weighted by Crippen LogP contribution is 2.64. The zero-order valence-electron chi connectivity index (χ0n) is 23.4. The number of aryl methyl sites for hydroxylation is 1. The maximum atomic E-state index is 16.2. The molecule has 0 bridgehead atoms. The molecule has 0 aliphatic carbocycles. The van der Waals surface area contributed by atoms with E-state index in [1.807, 2.05) is 9.47 Å². The lowest BCUT2D eigenvalue weighted by Gasteiger charge is -2.40. The van der Waals surface area contributed by atoms with Crippen LogP contribution in [-0.2, 0) is 26.7 Å². The van der Waals surface area contributed by atoms with Crippen molar-refractivity contribution in [1.82, 2.24) is 14.5 Å². The number of nitrogens with zero attached hydrogens (tertiary/aromatic N) is 3. The Morgan fingerprint density at radius 1 is 1.18 bits per heavy atom. The number of halogens is 3. The standard InChI is InChI=1S/C31H27Cl2FN4O5S/c1-44(42,43)13-3-11-38-24-10-12-37-23-9-6-16(29(39)40)14-22(23)35-28(37)25(24)26(18-4-2-5-20(33)27(18)34)31(38)19-8-7-17(32)15-21(19)36-30(31)41/h2,4-9,14-15,24-26H,3,10-13H2,1H3,(H,36,41)(H,39,40)/t24-,25+,26-,31+/m0/s1. The van der Waals surface area contributed by atoms with Crippen molar-refractivity contribution >= 4 is 61.6 Å². The van der Waals surface area contributed by atoms with E-state index in [2.05, 4.69) is 5.32 Å². The van der Waals surface area contributed by atoms with E-state index in [1.165, 1.54) is 24.5 Å². The number of imidazole rings is 1. The van der Waals surface area contributed by atoms with Crippen LogP contribution in [0.15, 0.2) is 54.6 Å². The Morgan fingerprint density at radius 3 is 2.73 bits per heavy atom. The van der Waals surface area contributed by atoms with E-state index in [1.54, 1.807) is 36.4 Å². The lowest BCUT2D eigenvalue weighted by atomic mass is 9.70. The number of amides is 1. The number of hydrogen-bond acceptors (Lipinski definition) is 6. The van der Waals surface area contributed by atoms with Gasteiger partial charge in [0.1, 0.15) is 27.0 Å². The fourth-order valence-corrected chi connectivity index (χ4v) is 8.72. The highest BCUT2D eigenvalue weighted by Gasteiger charge is 2.68. The molecule has 44 heavy (non-hydrogen) atoms. The van der Waals surface area contributed by atoms with Gasteiger partial charge in [0.25, 0.3) is 0 Å². The Labute approximate surface area is 262 Å². The van der Waals surface area contributed by atoms with Gasteiger partial charge in [0.15, 0.2) is 0 Å². The first kappa shape index (κ1) is 29.2. The summed E-state index contributed by atoms with van der Waals surface area (Å²) in [7, 11) is -3.30. The summed E-state index contributed by atoms with van der Waals surface area (Å²) in [5, 5.41) is 12.9. The number of aromatic nitrogens is 2. The molecule has 13 heteroatoms. The molecule has 1 spiro atoms. The second kappa shape index (κ2) is 10.3. The lowest BCUT2D eigenvalue weighted by molar-refractivity contribution is -0.127. The molecule has 228 valence electrons. The number of aromatic carboxylic acids is 1. The van der Waals surface area contributed by atoms with E-state index in [0.29, 0.717) is 40.6 Å². The summed E-state index contributed by atoms with van der Waals surface area (Å²) in [6.45, 7) is 0.754. The molecule has 0 unspecified atom stereocenters. The number of nitrogens with one attached hydrogen (secondary N) is 1. The molecule has 4 aromatic rings. The second-order valence-electron chi connectivity index (χ2n) is 11.7. The average Bonchev–Trinajstić information content (AvgIpc) is 3.57. The summed E-state index contributed by atoms with van der Waals surface area (Å²) in [5.74, 6) is -2.95. The van der Waals surface area contributed by atoms with Gasteiger partial charge in [-0.3, -0.25) is 9.69 Å². The Morgan fingerprint density at radius 2 is 1.98 bits per heavy atom. The number of likely N-dealkylation sites (tertiary alicyclic amines) is 1. The van der Waals surface area contributed by atoms with E-state index >= 15 is 4.39 Å². The van der Waals surface area contributed by atoms with Gasteiger partial charge in [0.05, 0.1) is 27.4 Å². The van der Waals surface area contributed by atoms with Gasteiger partial charge in [-0.1, -0.05) is 41.4 Å². The Hall–Kier alpha value is -3.51. The summed E-state index contributed by atoms with van der Waals surface area (Å²) in [6, 6.07) is 14.3. The van der Waals surface area contributed by atoms with Crippen LogP contribution in [0.2, 0.25) is 10.0 Å². The van der Waals surface area contributed by atoms with E-state index in [9.17, 15) is 23.1 Å². The molecule has 4 atom stereocenters. The molecule has 1 aromatic heterocycles. The molecule has 1 fully saturated rings. The fraction of sp³-hybridized carbons (Fsp3) is 0.323. The number of carbonyl (C=O) groups is 2. The van der Waals surface area contributed by atoms with Crippen LogP contribution in [0.25, 0.3) is 11.0 Å². The minimum atomic E-state index is -3.30. The van der Waals surface area contributed by atoms with Crippen LogP contribution in [0.4, 0.5) is 10.1 Å². The number of carboxylic acid groups (broad SMARTS) is 1. The first-order valence-electron chi connectivity index (χ1n) is 14.1. The van der Waals surface area contributed by atoms with Crippen LogP contribution in [0.5, 0.6) is 0 Å². The van der Waals surface area contributed by atoms with Crippen LogP contribution in [0.1, 0.15) is 52.0 Å². The normalized spacial score (nSPS) is 24.4. The minimum absolute atomic E-state index is 0.0846. The smallest absolute Gasteiger partial charge is 0.335 e. The van der Waals surface area contributed by atoms with Crippen LogP contribution >= 0.6 is 23.2 Å². The number of benzene rings is 3. The molecule has 9 nitrogen and oxygen atoms in total. The minimum Gasteiger partial charge on any atom is -0.478 e. The molecular weight excluding hydrogens is 630 g/mol. The molecule has 2 N–H and O–H groups in total. The van der Waals surface area contributed by atoms with E-state index in [4.69, 9.17) is 28.2 Å². The van der Waals surface area contributed by atoms with Gasteiger partial charge >= 0.3 is 5.97 Å². The molecule has 7 rings (SSSR count). The van der Waals surface area contributed by atoms with E-state index in [0.717, 1.165) is 5.52 Å². The first-order valence-corrected chi connectivity index (χ1v) is 17.0. The lowest BCUT2D eigenvalue weighted by Crippen LogP contribution is -2.52. The van der Waals surface area contributed by atoms with Crippen molar-refractivity contribution in [3.8, 4) is 0 Å². The largest absolute Gasteiger partial charge is 0.478 e. The van der Waals surface area contributed by atoms with Crippen molar-refractivity contribution in [2.75, 3.05) is 23.9 Å². The highest BCUT2D eigenvalue weighted by atomic mass is 35.5. The number of rotatable bonds is 6. The van der Waals surface area contributed by atoms with Crippen molar-refractivity contribution in [3.05, 3.63) is 93.0 Å². The summed E-state index contributed by atoms with van der Waals surface area (Å²) in [5.41, 5.74) is 1.22. The molecule has 3 aliphatic rings. The van der Waals surface area contributed by atoms with E-state index in [-0.39, 0.29) is 46.8 Å². The zero-order valence-corrected chi connectivity index (χ0v) is 25.8. The number of anilines is 1. The molecule has 3 aliphatic heterocycles. The maximum absolute atomic E-state index is 16.2. The number of sulfone groups is 1. The summed E-state index contributed by atoms with van der Waals surface area (Å²) in [4.78, 5) is 33.2. The second-order valence-corrected chi connectivity index (χ2v) is 14.8. The third-order valence-corrected chi connectivity index (χ3v) is 10.8. The number of hydrogen-bond donors (Lipinski definition) is 2. The summed E-state index contributed by atoms with van der Waals surface area (Å²) >= 11 is 12.7. The Bertz CT molecular complexity index is 2000. The Balaban J connectivity index is 1.52. The fourth-order valence-electron chi connectivity index (χ4n) is 7.71. The topological polar surface area (TPSA) is 122 Å². The molecule has 0 radical (unpaired) electrons. The summed E-state index contributed by atoms with van der Waals surface area (Å²) in [6.07, 6.45) is 1.98. The van der Waals surface area contributed by atoms with Gasteiger partial charge in [-0.2, -0.15) is 0 Å². The van der Waals surface area contributed by atoms with E-state index < -0.39 is 39.0 Å². The van der Waals surface area contributed by atoms with Gasteiger partial charge in [0.2, 0.25) is 5.91 Å². The molecule has 1 saturated heterocycles. The van der Waals surface area contributed by atoms with Crippen LogP contribution < -0.4 is 5.32 Å². The van der Waals surface area contributed by atoms with Crippen molar-refractivity contribution in [2.24, 2.45) is 0 Å². The monoisotopic (exact) mass is 656 g/mol. The summed E-state index contributed by atoms with van der Waals surface area (Å²) < 4.78 is 42.6. The van der Waals surface area contributed by atoms with Crippen LogP contribution in [-0.4, -0.2) is 64.4 Å². The third kappa shape index (κ3) is 4.28. The van der Waals surface area contributed by atoms with Crippen molar-refractivity contribution < 1.29 is 27.5 Å². The van der Waals surface area contributed by atoms with Gasteiger partial charge < -0.3 is 15.0 Å². The number of carbonyl (C=O) groups excluding carboxylic acids is 1. The van der Waals surface area contributed by atoms with Crippen LogP contribution in [0.3, 0.4) is 0 Å². The SMILES string of the molecule is CS(=O)(=O)CCCN1[C@H]2CCn3c(nc4cc(C(=O)O)ccc43)[C@H]2[C@H](c2cccc(Cl)c2F)[C@]12C(=O)Nc1cc(Cl)ccc12. The molecule has 0 saturated carbocycles. The van der Waals surface area contributed by atoms with Crippen LogP contribution in [0, 0.1) is 5.82 Å². The maximum Gasteiger partial charge on any atom is 0.335 e.